The first kappa shape index (κ1) is 12.4. The summed E-state index contributed by atoms with van der Waals surface area (Å²) in [4.78, 5) is 14.2. The molecular weight excluding hydrogens is 231 g/mol. The molecule has 18 heavy (non-hydrogen) atoms. The maximum atomic E-state index is 13.3. The van der Waals surface area contributed by atoms with Gasteiger partial charge < -0.3 is 5.32 Å². The van der Waals surface area contributed by atoms with Crippen LogP contribution < -0.4 is 5.32 Å². The van der Waals surface area contributed by atoms with Crippen molar-refractivity contribution in [3.05, 3.63) is 0 Å². The van der Waals surface area contributed by atoms with Crippen molar-refractivity contribution in [1.29, 1.82) is 0 Å². The summed E-state index contributed by atoms with van der Waals surface area (Å²) in [5.41, 5.74) is 0.0508. The van der Waals surface area contributed by atoms with Gasteiger partial charge >= 0.3 is 0 Å². The summed E-state index contributed by atoms with van der Waals surface area (Å²) in [6.45, 7) is 0.397. The zero-order valence-electron chi connectivity index (χ0n) is 11.1. The van der Waals surface area contributed by atoms with Crippen LogP contribution in [0.25, 0.3) is 0 Å². The first-order valence-electron chi connectivity index (χ1n) is 7.24. The number of alkyl halides is 1. The van der Waals surface area contributed by atoms with Crippen LogP contribution in [0.4, 0.5) is 4.39 Å². The Hall–Kier alpha value is -0.640. The molecule has 3 aliphatic rings. The van der Waals surface area contributed by atoms with Gasteiger partial charge in [-0.15, -0.1) is 0 Å². The molecule has 1 N–H and O–H groups in total. The number of carbonyl (C=O) groups is 1. The SMILES string of the molecule is CN1C[C@@H](F)C[C@H]1C(=O)NC12CCCC(CC1)C2. The van der Waals surface area contributed by atoms with Gasteiger partial charge in [-0.1, -0.05) is 12.8 Å². The lowest BCUT2D eigenvalue weighted by molar-refractivity contribution is -0.127. The van der Waals surface area contributed by atoms with Crippen LogP contribution in [0.2, 0.25) is 0 Å². The molecule has 2 bridgehead atoms. The van der Waals surface area contributed by atoms with Crippen molar-refractivity contribution in [2.24, 2.45) is 5.92 Å². The largest absolute Gasteiger partial charge is 0.349 e. The molecule has 0 aromatic carbocycles. The highest BCUT2D eigenvalue weighted by Gasteiger charge is 2.45. The fraction of sp³-hybridized carbons (Fsp3) is 0.929. The van der Waals surface area contributed by atoms with Crippen LogP contribution in [0, 0.1) is 5.92 Å². The van der Waals surface area contributed by atoms with E-state index in [4.69, 9.17) is 0 Å². The Morgan fingerprint density at radius 1 is 1.39 bits per heavy atom. The van der Waals surface area contributed by atoms with Crippen molar-refractivity contribution >= 4 is 5.91 Å². The predicted molar refractivity (Wildman–Crippen MR) is 68.0 cm³/mol. The number of likely N-dealkylation sites (N-methyl/N-ethyl adjacent to an activating group) is 1. The Morgan fingerprint density at radius 2 is 2.22 bits per heavy atom. The molecule has 0 aromatic rings. The first-order chi connectivity index (χ1) is 8.58. The predicted octanol–water partition coefficient (Wildman–Crippen LogP) is 1.87. The van der Waals surface area contributed by atoms with Crippen molar-refractivity contribution in [2.75, 3.05) is 13.6 Å². The van der Waals surface area contributed by atoms with E-state index in [1.807, 2.05) is 11.9 Å². The van der Waals surface area contributed by atoms with Crippen LogP contribution in [0.3, 0.4) is 0 Å². The lowest BCUT2D eigenvalue weighted by Gasteiger charge is -2.35. The molecule has 1 aliphatic heterocycles. The fourth-order valence-electron chi connectivity index (χ4n) is 4.20. The summed E-state index contributed by atoms with van der Waals surface area (Å²) in [6, 6.07) is -0.254. The third kappa shape index (κ3) is 2.15. The second-order valence-corrected chi connectivity index (χ2v) is 6.56. The summed E-state index contributed by atoms with van der Waals surface area (Å²) in [5.74, 6) is 0.870. The van der Waals surface area contributed by atoms with Gasteiger partial charge in [-0.3, -0.25) is 9.69 Å². The van der Waals surface area contributed by atoms with Gasteiger partial charge in [-0.05, 0) is 38.6 Å². The molecule has 3 nitrogen and oxygen atoms in total. The van der Waals surface area contributed by atoms with Crippen molar-refractivity contribution in [2.45, 2.75) is 62.7 Å². The minimum Gasteiger partial charge on any atom is -0.349 e. The minimum absolute atomic E-state index is 0.0508. The molecule has 4 atom stereocenters. The summed E-state index contributed by atoms with van der Waals surface area (Å²) in [6.07, 6.45) is 6.72. The molecule has 2 unspecified atom stereocenters. The second-order valence-electron chi connectivity index (χ2n) is 6.56. The van der Waals surface area contributed by atoms with Crippen LogP contribution in [0.15, 0.2) is 0 Å². The summed E-state index contributed by atoms with van der Waals surface area (Å²) in [5, 5.41) is 3.27. The van der Waals surface area contributed by atoms with Crippen molar-refractivity contribution in [3.8, 4) is 0 Å². The topological polar surface area (TPSA) is 32.3 Å². The van der Waals surface area contributed by atoms with E-state index in [9.17, 15) is 9.18 Å². The summed E-state index contributed by atoms with van der Waals surface area (Å²) in [7, 11) is 1.85. The molecule has 3 fully saturated rings. The number of likely N-dealkylation sites (tertiary alicyclic amines) is 1. The molecule has 102 valence electrons. The van der Waals surface area contributed by atoms with Crippen LogP contribution in [0.1, 0.15) is 44.9 Å². The smallest absolute Gasteiger partial charge is 0.237 e. The molecule has 0 spiro atoms. The van der Waals surface area contributed by atoms with E-state index in [2.05, 4.69) is 5.32 Å². The van der Waals surface area contributed by atoms with Crippen LogP contribution in [0.5, 0.6) is 0 Å². The molecule has 1 amide bonds. The van der Waals surface area contributed by atoms with Crippen molar-refractivity contribution in [3.63, 3.8) is 0 Å². The van der Waals surface area contributed by atoms with Gasteiger partial charge in [-0.2, -0.15) is 0 Å². The van der Waals surface area contributed by atoms with E-state index < -0.39 is 6.17 Å². The molecule has 2 aliphatic carbocycles. The van der Waals surface area contributed by atoms with Crippen LogP contribution in [-0.4, -0.2) is 42.2 Å². The normalized spacial score (nSPS) is 44.2. The maximum absolute atomic E-state index is 13.3. The highest BCUT2D eigenvalue weighted by molar-refractivity contribution is 5.83. The summed E-state index contributed by atoms with van der Waals surface area (Å²) < 4.78 is 13.3. The standard InChI is InChI=1S/C14H23FN2O/c1-17-9-11(15)7-12(17)13(18)16-14-5-2-3-10(8-14)4-6-14/h10-12H,2-9H2,1H3,(H,16,18)/t10?,11-,12-,14?/m0/s1. The Kier molecular flexibility index (Phi) is 3.08. The average Bonchev–Trinajstić information content (AvgIpc) is 2.79. The molecule has 4 heteroatoms. The number of nitrogens with one attached hydrogen (secondary N) is 1. The van der Waals surface area contributed by atoms with E-state index in [1.54, 1.807) is 0 Å². The molecule has 1 saturated heterocycles. The number of rotatable bonds is 2. The Balaban J connectivity index is 1.64. The first-order valence-corrected chi connectivity index (χ1v) is 7.24. The zero-order chi connectivity index (χ0) is 12.8. The third-order valence-electron chi connectivity index (χ3n) is 5.17. The molecule has 0 radical (unpaired) electrons. The van der Waals surface area contributed by atoms with E-state index >= 15 is 0 Å². The fourth-order valence-corrected chi connectivity index (χ4v) is 4.20. The molecular formula is C14H23FN2O. The van der Waals surface area contributed by atoms with E-state index in [0.717, 1.165) is 25.2 Å². The van der Waals surface area contributed by atoms with E-state index in [-0.39, 0.29) is 17.5 Å². The van der Waals surface area contributed by atoms with Gasteiger partial charge in [0.2, 0.25) is 5.91 Å². The van der Waals surface area contributed by atoms with E-state index in [0.29, 0.717) is 13.0 Å². The Morgan fingerprint density at radius 3 is 2.94 bits per heavy atom. The van der Waals surface area contributed by atoms with Crippen LogP contribution >= 0.6 is 0 Å². The second kappa shape index (κ2) is 4.48. The van der Waals surface area contributed by atoms with Gasteiger partial charge in [0.25, 0.3) is 0 Å². The lowest BCUT2D eigenvalue weighted by atomic mass is 9.83. The molecule has 2 saturated carbocycles. The monoisotopic (exact) mass is 254 g/mol. The number of hydrogen-bond acceptors (Lipinski definition) is 2. The summed E-state index contributed by atoms with van der Waals surface area (Å²) >= 11 is 0. The van der Waals surface area contributed by atoms with Crippen LogP contribution in [-0.2, 0) is 4.79 Å². The van der Waals surface area contributed by atoms with Gasteiger partial charge in [0, 0.05) is 18.5 Å². The zero-order valence-corrected chi connectivity index (χ0v) is 11.1. The van der Waals surface area contributed by atoms with Gasteiger partial charge in [-0.25, -0.2) is 4.39 Å². The van der Waals surface area contributed by atoms with Gasteiger partial charge in [0.15, 0.2) is 0 Å². The number of carbonyl (C=O) groups excluding carboxylic acids is 1. The minimum atomic E-state index is -0.842. The van der Waals surface area contributed by atoms with Gasteiger partial charge in [0.1, 0.15) is 6.17 Å². The van der Waals surface area contributed by atoms with Crippen molar-refractivity contribution < 1.29 is 9.18 Å². The third-order valence-corrected chi connectivity index (χ3v) is 5.17. The Labute approximate surface area is 108 Å². The van der Waals surface area contributed by atoms with Gasteiger partial charge in [0.05, 0.1) is 6.04 Å². The number of nitrogens with zero attached hydrogens (tertiary/aromatic N) is 1. The highest BCUT2D eigenvalue weighted by Crippen LogP contribution is 2.45. The number of fused-ring (bicyclic) bond motifs is 2. The Bertz CT molecular complexity index is 345. The van der Waals surface area contributed by atoms with Crippen molar-refractivity contribution in [1.82, 2.24) is 10.2 Å². The number of amides is 1. The highest BCUT2D eigenvalue weighted by atomic mass is 19.1. The van der Waals surface area contributed by atoms with E-state index in [1.165, 1.54) is 19.3 Å². The molecule has 0 aromatic heterocycles. The molecule has 3 rings (SSSR count). The number of halogens is 1. The quantitative estimate of drug-likeness (QED) is 0.816. The number of hydrogen-bond donors (Lipinski definition) is 1. The lowest BCUT2D eigenvalue weighted by Crippen LogP contribution is -2.53. The maximum Gasteiger partial charge on any atom is 0.237 e. The molecule has 1 heterocycles. The average molecular weight is 254 g/mol.